The number of carbonyl (C=O) groups is 2. The fourth-order valence-corrected chi connectivity index (χ4v) is 4.24. The summed E-state index contributed by atoms with van der Waals surface area (Å²) >= 11 is 0. The van der Waals surface area contributed by atoms with Crippen molar-refractivity contribution in [1.29, 1.82) is 0 Å². The molecule has 0 radical (unpaired) electrons. The van der Waals surface area contributed by atoms with Crippen LogP contribution in [0.15, 0.2) is 24.3 Å². The summed E-state index contributed by atoms with van der Waals surface area (Å²) in [5.41, 5.74) is -0.888. The molecular weight excluding hydrogens is 292 g/mol. The average molecular weight is 317 g/mol. The lowest BCUT2D eigenvalue weighted by Gasteiger charge is -2.41. The van der Waals surface area contributed by atoms with Crippen LogP contribution in [0.3, 0.4) is 0 Å². The second-order valence-electron chi connectivity index (χ2n) is 5.16. The van der Waals surface area contributed by atoms with Gasteiger partial charge in [-0.25, -0.2) is 9.59 Å². The molecule has 0 aromatic heterocycles. The van der Waals surface area contributed by atoms with E-state index in [0.717, 1.165) is 0 Å². The van der Waals surface area contributed by atoms with Crippen LogP contribution in [0.4, 0.5) is 0 Å². The Kier molecular flexibility index (Phi) is 6.59. The summed E-state index contributed by atoms with van der Waals surface area (Å²) in [6.45, 7) is 15.7. The SMILES string of the molecule is C=C(C)C(=O)OC(CC)(OC(=O)C(=C)C)[Si](C)(C)O[SiH3]. The van der Waals surface area contributed by atoms with Crippen molar-refractivity contribution >= 4 is 30.7 Å². The normalized spacial score (nSPS) is 11.8. The third-order valence-electron chi connectivity index (χ3n) is 3.11. The monoisotopic (exact) mass is 316 g/mol. The van der Waals surface area contributed by atoms with Crippen LogP contribution >= 0.6 is 0 Å². The molecule has 0 fully saturated rings. The van der Waals surface area contributed by atoms with Crippen LogP contribution in [0.5, 0.6) is 0 Å². The maximum Gasteiger partial charge on any atom is 0.336 e. The largest absolute Gasteiger partial charge is 0.459 e. The van der Waals surface area contributed by atoms with E-state index in [1.54, 1.807) is 20.8 Å². The summed E-state index contributed by atoms with van der Waals surface area (Å²) in [5, 5.41) is 0. The Labute approximate surface area is 124 Å². The quantitative estimate of drug-likeness (QED) is 0.307. The van der Waals surface area contributed by atoms with E-state index in [1.807, 2.05) is 13.1 Å². The van der Waals surface area contributed by atoms with E-state index in [4.69, 9.17) is 13.6 Å². The molecule has 0 aromatic rings. The Bertz CT molecular complexity index is 400. The van der Waals surface area contributed by atoms with Gasteiger partial charge in [0.25, 0.3) is 13.7 Å². The first-order valence-corrected chi connectivity index (χ1v) is 10.1. The predicted octanol–water partition coefficient (Wildman–Crippen LogP) is 1.37. The number of esters is 2. The van der Waals surface area contributed by atoms with Crippen molar-refractivity contribution in [2.24, 2.45) is 0 Å². The topological polar surface area (TPSA) is 61.8 Å². The molecule has 20 heavy (non-hydrogen) atoms. The number of rotatable bonds is 7. The molecule has 0 spiro atoms. The maximum absolute atomic E-state index is 11.9. The smallest absolute Gasteiger partial charge is 0.336 e. The Hall–Kier alpha value is -1.19. The van der Waals surface area contributed by atoms with Crippen molar-refractivity contribution in [2.45, 2.75) is 45.7 Å². The average Bonchev–Trinajstić information content (AvgIpc) is 2.36. The van der Waals surface area contributed by atoms with E-state index >= 15 is 0 Å². The Morgan fingerprint density at radius 1 is 1.10 bits per heavy atom. The molecule has 0 aromatic carbocycles. The lowest BCUT2D eigenvalue weighted by Crippen LogP contribution is -2.61. The van der Waals surface area contributed by atoms with Gasteiger partial charge in [-0.15, -0.1) is 0 Å². The predicted molar refractivity (Wildman–Crippen MR) is 83.3 cm³/mol. The van der Waals surface area contributed by atoms with Crippen molar-refractivity contribution in [3.05, 3.63) is 24.3 Å². The van der Waals surface area contributed by atoms with Gasteiger partial charge in [0.2, 0.25) is 0 Å². The van der Waals surface area contributed by atoms with Crippen LogP contribution in [0.25, 0.3) is 0 Å². The van der Waals surface area contributed by atoms with E-state index in [9.17, 15) is 9.59 Å². The summed E-state index contributed by atoms with van der Waals surface area (Å²) in [5.74, 6) is -1.19. The van der Waals surface area contributed by atoms with E-state index in [-0.39, 0.29) is 11.1 Å². The first kappa shape index (κ1) is 18.8. The van der Waals surface area contributed by atoms with E-state index in [2.05, 4.69) is 13.2 Å². The molecule has 0 saturated heterocycles. The molecule has 0 amide bonds. The zero-order valence-corrected chi connectivity index (χ0v) is 16.2. The van der Waals surface area contributed by atoms with Gasteiger partial charge in [0.05, 0.1) is 0 Å². The number of carbonyl (C=O) groups excluding carboxylic acids is 2. The van der Waals surface area contributed by atoms with Gasteiger partial charge in [-0.2, -0.15) is 0 Å². The number of hydrogen-bond donors (Lipinski definition) is 0. The summed E-state index contributed by atoms with van der Waals surface area (Å²) < 4.78 is 16.5. The number of ether oxygens (including phenoxy) is 2. The second kappa shape index (κ2) is 7.00. The van der Waals surface area contributed by atoms with E-state index in [1.165, 1.54) is 0 Å². The first-order valence-electron chi connectivity index (χ1n) is 6.35. The molecule has 0 aliphatic rings. The van der Waals surface area contributed by atoms with Crippen molar-refractivity contribution in [2.75, 3.05) is 0 Å². The molecule has 0 unspecified atom stereocenters. The minimum absolute atomic E-state index is 0.243. The highest BCUT2D eigenvalue weighted by atomic mass is 28.4. The standard InChI is InChI=1S/C13H24O5Si2/c1-8-13(20(6,7)18-19,16-11(14)9(2)3)17-12(15)10(4)5/h2,4,8H2,1,3,5-7,19H3. The van der Waals surface area contributed by atoms with Gasteiger partial charge in [0, 0.05) is 17.6 Å². The molecule has 7 heteroatoms. The molecule has 0 N–H and O–H groups in total. The van der Waals surface area contributed by atoms with Gasteiger partial charge in [-0.1, -0.05) is 20.1 Å². The van der Waals surface area contributed by atoms with Crippen molar-refractivity contribution < 1.29 is 23.2 Å². The molecule has 0 saturated carbocycles. The maximum atomic E-state index is 11.9. The van der Waals surface area contributed by atoms with Crippen molar-refractivity contribution in [3.63, 3.8) is 0 Å². The van der Waals surface area contributed by atoms with Gasteiger partial charge in [0.1, 0.15) is 10.5 Å². The molecule has 114 valence electrons. The highest BCUT2D eigenvalue weighted by molar-refractivity contribution is 6.76. The van der Waals surface area contributed by atoms with Gasteiger partial charge < -0.3 is 13.6 Å². The summed E-state index contributed by atoms with van der Waals surface area (Å²) in [4.78, 5) is 23.7. The fraction of sp³-hybridized carbons (Fsp3) is 0.538. The third-order valence-corrected chi connectivity index (χ3v) is 9.58. The van der Waals surface area contributed by atoms with Crippen LogP contribution in [-0.4, -0.2) is 36.2 Å². The minimum atomic E-state index is -2.58. The zero-order chi connectivity index (χ0) is 16.1. The van der Waals surface area contributed by atoms with Crippen LogP contribution in [-0.2, 0) is 23.2 Å². The molecule has 0 aliphatic carbocycles. The fourth-order valence-electron chi connectivity index (χ4n) is 1.47. The van der Waals surface area contributed by atoms with Gasteiger partial charge in [-0.3, -0.25) is 0 Å². The lowest BCUT2D eigenvalue weighted by atomic mass is 10.3. The van der Waals surface area contributed by atoms with Gasteiger partial charge in [0.15, 0.2) is 0 Å². The van der Waals surface area contributed by atoms with Gasteiger partial charge in [-0.05, 0) is 26.9 Å². The third kappa shape index (κ3) is 4.15. The molecule has 0 atom stereocenters. The van der Waals surface area contributed by atoms with Crippen LogP contribution in [0.1, 0.15) is 27.2 Å². The number of hydrogen-bond acceptors (Lipinski definition) is 5. The highest BCUT2D eigenvalue weighted by Crippen LogP contribution is 2.32. The zero-order valence-electron chi connectivity index (χ0n) is 13.2. The van der Waals surface area contributed by atoms with E-state index < -0.39 is 25.7 Å². The molecule has 0 heterocycles. The Morgan fingerprint density at radius 3 is 1.65 bits per heavy atom. The molecule has 5 nitrogen and oxygen atoms in total. The molecule has 0 rings (SSSR count). The Morgan fingerprint density at radius 2 is 1.45 bits per heavy atom. The Balaban J connectivity index is 5.62. The van der Waals surface area contributed by atoms with Crippen LogP contribution in [0, 0.1) is 0 Å². The van der Waals surface area contributed by atoms with Crippen molar-refractivity contribution in [3.8, 4) is 0 Å². The van der Waals surface area contributed by atoms with Crippen molar-refractivity contribution in [1.82, 2.24) is 0 Å². The summed E-state index contributed by atoms with van der Waals surface area (Å²) in [7, 11) is -2.12. The molecular formula is C13H24O5Si2. The van der Waals surface area contributed by atoms with Crippen LogP contribution in [0.2, 0.25) is 13.1 Å². The lowest BCUT2D eigenvalue weighted by molar-refractivity contribution is -0.201. The second-order valence-corrected chi connectivity index (χ2v) is 10.6. The highest BCUT2D eigenvalue weighted by Gasteiger charge is 2.54. The van der Waals surface area contributed by atoms with Gasteiger partial charge >= 0.3 is 11.9 Å². The summed E-state index contributed by atoms with van der Waals surface area (Å²) in [6, 6.07) is 0. The minimum Gasteiger partial charge on any atom is -0.459 e. The van der Waals surface area contributed by atoms with Crippen LogP contribution < -0.4 is 0 Å². The molecule has 0 bridgehead atoms. The van der Waals surface area contributed by atoms with E-state index in [0.29, 0.717) is 16.9 Å². The first-order chi connectivity index (χ1) is 9.03. The summed E-state index contributed by atoms with van der Waals surface area (Å²) in [6.07, 6.45) is 0.312. The molecule has 0 aliphatic heterocycles.